The Morgan fingerprint density at radius 1 is 1.50 bits per heavy atom. The number of hydrogen-bond acceptors (Lipinski definition) is 1. The Morgan fingerprint density at radius 2 is 2.40 bits per heavy atom. The molecule has 1 aliphatic rings. The quantitative estimate of drug-likeness (QED) is 0.564. The Morgan fingerprint density at radius 3 is 3.10 bits per heavy atom. The Labute approximate surface area is 60.6 Å². The Kier molecular flexibility index (Phi) is 1.04. The van der Waals surface area contributed by atoms with Gasteiger partial charge in [0.2, 0.25) is 0 Å². The van der Waals surface area contributed by atoms with E-state index >= 15 is 0 Å². The molecule has 0 saturated heterocycles. The average Bonchev–Trinajstić information content (AvgIpc) is 2.26. The summed E-state index contributed by atoms with van der Waals surface area (Å²) in [5.41, 5.74) is 2.63. The van der Waals surface area contributed by atoms with Gasteiger partial charge in [-0.1, -0.05) is 18.7 Å². The summed E-state index contributed by atoms with van der Waals surface area (Å²) in [6.07, 6.45) is 1.86. The van der Waals surface area contributed by atoms with E-state index in [2.05, 4.69) is 35.7 Å². The van der Waals surface area contributed by atoms with Gasteiger partial charge in [0.25, 0.3) is 0 Å². The summed E-state index contributed by atoms with van der Waals surface area (Å²) >= 11 is 0. The molecular weight excluding hydrogens is 122 g/mol. The van der Waals surface area contributed by atoms with Gasteiger partial charge in [-0.15, -0.1) is 0 Å². The van der Waals surface area contributed by atoms with E-state index in [4.69, 9.17) is 0 Å². The highest BCUT2D eigenvalue weighted by Gasteiger charge is 2.10. The van der Waals surface area contributed by atoms with Gasteiger partial charge >= 0.3 is 0 Å². The van der Waals surface area contributed by atoms with Crippen LogP contribution in [-0.4, -0.2) is 0 Å². The molecule has 1 aromatic rings. The fraction of sp³-hybridized carbons (Fsp3) is 0.111. The van der Waals surface area contributed by atoms with Gasteiger partial charge in [-0.3, -0.25) is 0 Å². The lowest BCUT2D eigenvalue weighted by Gasteiger charge is -2.10. The summed E-state index contributed by atoms with van der Waals surface area (Å²) in [5, 5.41) is 0. The lowest BCUT2D eigenvalue weighted by Crippen LogP contribution is -2.07. The van der Waals surface area contributed by atoms with Gasteiger partial charge in [-0.25, -0.2) is 0 Å². The lowest BCUT2D eigenvalue weighted by molar-refractivity contribution is 1.03. The fourth-order valence-corrected chi connectivity index (χ4v) is 1.29. The van der Waals surface area contributed by atoms with Crippen LogP contribution in [0.25, 0.3) is 0 Å². The summed E-state index contributed by atoms with van der Waals surface area (Å²) in [7, 11) is 0. The maximum Gasteiger partial charge on any atom is 0.0476 e. The van der Waals surface area contributed by atoms with Crippen LogP contribution >= 0.6 is 0 Å². The zero-order valence-electron chi connectivity index (χ0n) is 5.75. The zero-order chi connectivity index (χ0) is 6.97. The Hall–Kier alpha value is -1.24. The van der Waals surface area contributed by atoms with Crippen LogP contribution in [0.1, 0.15) is 5.56 Å². The minimum absolute atomic E-state index is 0.992. The van der Waals surface area contributed by atoms with E-state index in [0.29, 0.717) is 0 Å². The standard InChI is InChI=1S/C9H9N/c1-2-10-7-8-4-3-5-9(10)6-8/h2-6H,1,7H2. The van der Waals surface area contributed by atoms with E-state index in [0.717, 1.165) is 6.54 Å². The topological polar surface area (TPSA) is 3.24 Å². The average molecular weight is 131 g/mol. The van der Waals surface area contributed by atoms with Crippen LogP contribution in [-0.2, 0) is 6.54 Å². The highest BCUT2D eigenvalue weighted by atomic mass is 15.1. The maximum absolute atomic E-state index is 3.73. The molecule has 2 rings (SSSR count). The first kappa shape index (κ1) is 5.54. The molecular formula is C9H9N. The van der Waals surface area contributed by atoms with E-state index in [1.165, 1.54) is 11.3 Å². The molecule has 0 amide bonds. The lowest BCUT2D eigenvalue weighted by atomic mass is 10.2. The summed E-state index contributed by atoms with van der Waals surface area (Å²) in [4.78, 5) is 2.13. The van der Waals surface area contributed by atoms with Gasteiger partial charge in [0.15, 0.2) is 0 Å². The molecule has 1 nitrogen and oxygen atoms in total. The number of rotatable bonds is 1. The van der Waals surface area contributed by atoms with Crippen molar-refractivity contribution in [1.82, 2.24) is 0 Å². The first-order valence-corrected chi connectivity index (χ1v) is 3.38. The van der Waals surface area contributed by atoms with Crippen molar-refractivity contribution in [3.8, 4) is 0 Å². The monoisotopic (exact) mass is 131 g/mol. The number of hydrogen-bond donors (Lipinski definition) is 0. The molecule has 0 N–H and O–H groups in total. The summed E-state index contributed by atoms with van der Waals surface area (Å²) in [5.74, 6) is 0. The van der Waals surface area contributed by atoms with Crippen LogP contribution in [0.5, 0.6) is 0 Å². The number of fused-ring (bicyclic) bond motifs is 2. The molecule has 0 aliphatic carbocycles. The second kappa shape index (κ2) is 1.87. The zero-order valence-corrected chi connectivity index (χ0v) is 5.75. The molecule has 1 heterocycles. The van der Waals surface area contributed by atoms with Crippen molar-refractivity contribution in [3.05, 3.63) is 42.6 Å². The largest absolute Gasteiger partial charge is 0.344 e. The molecule has 2 bridgehead atoms. The third-order valence-electron chi connectivity index (χ3n) is 1.82. The van der Waals surface area contributed by atoms with Gasteiger partial charge in [0.1, 0.15) is 0 Å². The van der Waals surface area contributed by atoms with E-state index in [9.17, 15) is 0 Å². The van der Waals surface area contributed by atoms with E-state index < -0.39 is 0 Å². The first-order chi connectivity index (χ1) is 4.90. The van der Waals surface area contributed by atoms with Crippen LogP contribution < -0.4 is 4.90 Å². The Balaban J connectivity index is 2.47. The van der Waals surface area contributed by atoms with Gasteiger partial charge < -0.3 is 4.90 Å². The number of anilines is 1. The second-order valence-electron chi connectivity index (χ2n) is 2.48. The van der Waals surface area contributed by atoms with Crippen LogP contribution in [0.3, 0.4) is 0 Å². The fourth-order valence-electron chi connectivity index (χ4n) is 1.29. The molecule has 0 aromatic heterocycles. The highest BCUT2D eigenvalue weighted by molar-refractivity contribution is 5.56. The summed E-state index contributed by atoms with van der Waals surface area (Å²) < 4.78 is 0. The second-order valence-corrected chi connectivity index (χ2v) is 2.48. The molecule has 0 fully saturated rings. The van der Waals surface area contributed by atoms with Gasteiger partial charge in [-0.2, -0.15) is 0 Å². The van der Waals surface area contributed by atoms with Gasteiger partial charge in [0, 0.05) is 12.2 Å². The van der Waals surface area contributed by atoms with Gasteiger partial charge in [0.05, 0.1) is 0 Å². The SMILES string of the molecule is C=CN1Cc2cccc1c2. The summed E-state index contributed by atoms with van der Waals surface area (Å²) in [6, 6.07) is 8.49. The molecule has 1 aliphatic heterocycles. The van der Waals surface area contributed by atoms with E-state index in [1.807, 2.05) is 6.20 Å². The van der Waals surface area contributed by atoms with Crippen molar-refractivity contribution in [2.75, 3.05) is 4.90 Å². The minimum atomic E-state index is 0.992. The van der Waals surface area contributed by atoms with Crippen molar-refractivity contribution in [2.45, 2.75) is 6.54 Å². The third kappa shape index (κ3) is 0.637. The van der Waals surface area contributed by atoms with E-state index in [-0.39, 0.29) is 0 Å². The molecule has 50 valence electrons. The predicted molar refractivity (Wildman–Crippen MR) is 42.8 cm³/mol. The normalized spacial score (nSPS) is 13.8. The van der Waals surface area contributed by atoms with Crippen LogP contribution in [0.15, 0.2) is 37.0 Å². The molecule has 0 spiro atoms. The molecule has 1 aromatic carbocycles. The van der Waals surface area contributed by atoms with Crippen LogP contribution in [0.4, 0.5) is 5.69 Å². The van der Waals surface area contributed by atoms with Crippen molar-refractivity contribution in [1.29, 1.82) is 0 Å². The molecule has 0 saturated carbocycles. The molecule has 0 radical (unpaired) electrons. The maximum atomic E-state index is 3.73. The van der Waals surface area contributed by atoms with E-state index in [1.54, 1.807) is 0 Å². The molecule has 0 unspecified atom stereocenters. The molecule has 1 heteroatoms. The first-order valence-electron chi connectivity index (χ1n) is 3.38. The number of benzene rings is 1. The summed E-state index contributed by atoms with van der Waals surface area (Å²) in [6.45, 7) is 4.72. The number of nitrogens with zero attached hydrogens (tertiary/aromatic N) is 1. The highest BCUT2D eigenvalue weighted by Crippen LogP contribution is 2.25. The predicted octanol–water partition coefficient (Wildman–Crippen LogP) is 2.15. The molecule has 0 atom stereocenters. The van der Waals surface area contributed by atoms with Crippen molar-refractivity contribution in [2.24, 2.45) is 0 Å². The van der Waals surface area contributed by atoms with Crippen LogP contribution in [0.2, 0.25) is 0 Å². The van der Waals surface area contributed by atoms with Crippen molar-refractivity contribution in [3.63, 3.8) is 0 Å². The van der Waals surface area contributed by atoms with Crippen molar-refractivity contribution < 1.29 is 0 Å². The molecule has 10 heavy (non-hydrogen) atoms. The van der Waals surface area contributed by atoms with Crippen molar-refractivity contribution >= 4 is 5.69 Å². The van der Waals surface area contributed by atoms with Gasteiger partial charge in [-0.05, 0) is 23.9 Å². The third-order valence-corrected chi connectivity index (χ3v) is 1.82. The smallest absolute Gasteiger partial charge is 0.0476 e. The van der Waals surface area contributed by atoms with Crippen LogP contribution in [0, 0.1) is 0 Å². The Bertz CT molecular complexity index is 265. The minimum Gasteiger partial charge on any atom is -0.344 e.